The lowest BCUT2D eigenvalue weighted by atomic mass is 10.0. The van der Waals surface area contributed by atoms with Crippen molar-refractivity contribution in [3.8, 4) is 0 Å². The van der Waals surface area contributed by atoms with Gasteiger partial charge < -0.3 is 20.9 Å². The van der Waals surface area contributed by atoms with Gasteiger partial charge >= 0.3 is 6.03 Å². The zero-order chi connectivity index (χ0) is 20.8. The third-order valence-electron chi connectivity index (χ3n) is 4.67. The van der Waals surface area contributed by atoms with Crippen molar-refractivity contribution in [2.24, 2.45) is 0 Å². The number of carbonyl (C=O) groups is 3. The van der Waals surface area contributed by atoms with Crippen LogP contribution in [0.5, 0.6) is 0 Å². The molecule has 1 fully saturated rings. The van der Waals surface area contributed by atoms with Gasteiger partial charge in [0.05, 0.1) is 0 Å². The average molecular weight is 398 g/mol. The molecule has 1 aliphatic rings. The SMILES string of the molecule is Cc1ccc(C(=O)NCCNC(=O)N2CCNC(=O)C2c2ccccc2F)cc1. The summed E-state index contributed by atoms with van der Waals surface area (Å²) in [5, 5.41) is 8.07. The van der Waals surface area contributed by atoms with Crippen LogP contribution in [0.25, 0.3) is 0 Å². The number of amides is 4. The molecule has 29 heavy (non-hydrogen) atoms. The molecule has 0 aliphatic carbocycles. The van der Waals surface area contributed by atoms with Gasteiger partial charge in [-0.15, -0.1) is 0 Å². The summed E-state index contributed by atoms with van der Waals surface area (Å²) in [6.45, 7) is 2.89. The van der Waals surface area contributed by atoms with Crippen LogP contribution in [0, 0.1) is 12.7 Å². The lowest BCUT2D eigenvalue weighted by Crippen LogP contribution is -2.55. The first kappa shape index (κ1) is 20.3. The van der Waals surface area contributed by atoms with Gasteiger partial charge in [0.25, 0.3) is 5.91 Å². The second-order valence-corrected chi connectivity index (χ2v) is 6.76. The molecule has 1 atom stereocenters. The Hall–Kier alpha value is -3.42. The van der Waals surface area contributed by atoms with Crippen LogP contribution in [0.3, 0.4) is 0 Å². The normalized spacial score (nSPS) is 16.1. The van der Waals surface area contributed by atoms with E-state index in [1.54, 1.807) is 18.2 Å². The highest BCUT2D eigenvalue weighted by Gasteiger charge is 2.35. The maximum atomic E-state index is 14.2. The molecule has 152 valence electrons. The van der Waals surface area contributed by atoms with Gasteiger partial charge in [-0.3, -0.25) is 9.59 Å². The smallest absolute Gasteiger partial charge is 0.318 e. The zero-order valence-corrected chi connectivity index (χ0v) is 16.1. The number of hydrogen-bond donors (Lipinski definition) is 3. The molecule has 1 aliphatic heterocycles. The Morgan fingerprint density at radius 3 is 2.52 bits per heavy atom. The quantitative estimate of drug-likeness (QED) is 0.670. The molecule has 2 aromatic carbocycles. The van der Waals surface area contributed by atoms with E-state index in [0.29, 0.717) is 12.1 Å². The molecule has 0 bridgehead atoms. The average Bonchev–Trinajstić information content (AvgIpc) is 2.72. The lowest BCUT2D eigenvalue weighted by Gasteiger charge is -2.35. The summed E-state index contributed by atoms with van der Waals surface area (Å²) in [5.41, 5.74) is 1.74. The van der Waals surface area contributed by atoms with Crippen LogP contribution in [0.4, 0.5) is 9.18 Å². The van der Waals surface area contributed by atoms with Crippen molar-refractivity contribution < 1.29 is 18.8 Å². The third-order valence-corrected chi connectivity index (χ3v) is 4.67. The van der Waals surface area contributed by atoms with E-state index in [4.69, 9.17) is 0 Å². The number of nitrogens with zero attached hydrogens (tertiary/aromatic N) is 1. The van der Waals surface area contributed by atoms with Crippen molar-refractivity contribution in [1.29, 1.82) is 0 Å². The number of urea groups is 1. The summed E-state index contributed by atoms with van der Waals surface area (Å²) < 4.78 is 14.2. The number of benzene rings is 2. The molecule has 1 unspecified atom stereocenters. The molecular weight excluding hydrogens is 375 g/mol. The molecule has 0 saturated carbocycles. The van der Waals surface area contributed by atoms with Crippen molar-refractivity contribution in [3.63, 3.8) is 0 Å². The van der Waals surface area contributed by atoms with Gasteiger partial charge in [0.1, 0.15) is 11.9 Å². The van der Waals surface area contributed by atoms with E-state index < -0.39 is 23.8 Å². The highest BCUT2D eigenvalue weighted by molar-refractivity contribution is 5.94. The number of piperazine rings is 1. The van der Waals surface area contributed by atoms with Crippen molar-refractivity contribution in [2.45, 2.75) is 13.0 Å². The van der Waals surface area contributed by atoms with Gasteiger partial charge in [0.15, 0.2) is 0 Å². The fourth-order valence-electron chi connectivity index (χ4n) is 3.15. The molecule has 7 nitrogen and oxygen atoms in total. The van der Waals surface area contributed by atoms with E-state index in [9.17, 15) is 18.8 Å². The summed E-state index contributed by atoms with van der Waals surface area (Å²) in [4.78, 5) is 38.3. The number of hydrogen-bond acceptors (Lipinski definition) is 3. The third kappa shape index (κ3) is 4.90. The molecule has 2 aromatic rings. The maximum Gasteiger partial charge on any atom is 0.318 e. The van der Waals surface area contributed by atoms with Crippen LogP contribution in [-0.2, 0) is 4.79 Å². The molecule has 0 spiro atoms. The Morgan fingerprint density at radius 2 is 1.79 bits per heavy atom. The van der Waals surface area contributed by atoms with Crippen LogP contribution >= 0.6 is 0 Å². The lowest BCUT2D eigenvalue weighted by molar-refractivity contribution is -0.127. The van der Waals surface area contributed by atoms with Gasteiger partial charge in [-0.25, -0.2) is 9.18 Å². The summed E-state index contributed by atoms with van der Waals surface area (Å²) in [6.07, 6.45) is 0. The molecule has 0 aromatic heterocycles. The number of rotatable bonds is 5. The van der Waals surface area contributed by atoms with E-state index in [1.165, 1.54) is 23.1 Å². The first-order valence-corrected chi connectivity index (χ1v) is 9.39. The Morgan fingerprint density at radius 1 is 1.10 bits per heavy atom. The predicted molar refractivity (Wildman–Crippen MR) is 106 cm³/mol. The van der Waals surface area contributed by atoms with Crippen LogP contribution in [0.2, 0.25) is 0 Å². The molecule has 1 saturated heterocycles. The van der Waals surface area contributed by atoms with E-state index in [1.807, 2.05) is 19.1 Å². The second kappa shape index (κ2) is 9.18. The van der Waals surface area contributed by atoms with E-state index in [-0.39, 0.29) is 31.1 Å². The molecule has 8 heteroatoms. The second-order valence-electron chi connectivity index (χ2n) is 6.76. The Balaban J connectivity index is 1.56. The minimum atomic E-state index is -1.04. The number of aryl methyl sites for hydroxylation is 1. The Bertz CT molecular complexity index is 901. The number of halogens is 1. The topological polar surface area (TPSA) is 90.5 Å². The predicted octanol–water partition coefficient (Wildman–Crippen LogP) is 1.75. The van der Waals surface area contributed by atoms with Gasteiger partial charge in [-0.2, -0.15) is 0 Å². The fraction of sp³-hybridized carbons (Fsp3) is 0.286. The highest BCUT2D eigenvalue weighted by atomic mass is 19.1. The van der Waals surface area contributed by atoms with Crippen LogP contribution in [-0.4, -0.2) is 48.9 Å². The molecule has 3 rings (SSSR count). The number of nitrogens with one attached hydrogen (secondary N) is 3. The van der Waals surface area contributed by atoms with E-state index in [0.717, 1.165) is 5.56 Å². The monoisotopic (exact) mass is 398 g/mol. The Labute approximate surface area is 168 Å². The Kier molecular flexibility index (Phi) is 6.43. The highest BCUT2D eigenvalue weighted by Crippen LogP contribution is 2.25. The maximum absolute atomic E-state index is 14.2. The molecular formula is C21H23FN4O3. The van der Waals surface area contributed by atoms with Crippen LogP contribution in [0.15, 0.2) is 48.5 Å². The van der Waals surface area contributed by atoms with E-state index >= 15 is 0 Å². The van der Waals surface area contributed by atoms with Gasteiger partial charge in [-0.05, 0) is 25.1 Å². The summed E-state index contributed by atoms with van der Waals surface area (Å²) in [6, 6.07) is 11.5. The molecule has 0 radical (unpaired) electrons. The van der Waals surface area contributed by atoms with Crippen molar-refractivity contribution >= 4 is 17.8 Å². The van der Waals surface area contributed by atoms with Crippen molar-refractivity contribution in [2.75, 3.05) is 26.2 Å². The standard InChI is InChI=1S/C21H23FN4O3/c1-14-6-8-15(9-7-14)19(27)23-10-11-25-21(29)26-13-12-24-20(28)18(26)16-4-2-3-5-17(16)22/h2-9,18H,10-13H2,1H3,(H,23,27)(H,24,28)(H,25,29). The minimum Gasteiger partial charge on any atom is -0.352 e. The molecule has 4 amide bonds. The zero-order valence-electron chi connectivity index (χ0n) is 16.1. The summed E-state index contributed by atoms with van der Waals surface area (Å²) in [7, 11) is 0. The van der Waals surface area contributed by atoms with Crippen molar-refractivity contribution in [3.05, 3.63) is 71.0 Å². The largest absolute Gasteiger partial charge is 0.352 e. The van der Waals surface area contributed by atoms with E-state index in [2.05, 4.69) is 16.0 Å². The molecule has 1 heterocycles. The van der Waals surface area contributed by atoms with Crippen molar-refractivity contribution in [1.82, 2.24) is 20.9 Å². The first-order valence-electron chi connectivity index (χ1n) is 9.39. The van der Waals surface area contributed by atoms with Gasteiger partial charge in [0.2, 0.25) is 5.91 Å². The van der Waals surface area contributed by atoms with Crippen LogP contribution < -0.4 is 16.0 Å². The number of carbonyl (C=O) groups excluding carboxylic acids is 3. The van der Waals surface area contributed by atoms with Crippen LogP contribution in [0.1, 0.15) is 27.5 Å². The fourth-order valence-corrected chi connectivity index (χ4v) is 3.15. The summed E-state index contributed by atoms with van der Waals surface area (Å²) >= 11 is 0. The van der Waals surface area contributed by atoms with Gasteiger partial charge in [0, 0.05) is 37.3 Å². The first-order chi connectivity index (χ1) is 14.0. The van der Waals surface area contributed by atoms with Gasteiger partial charge in [-0.1, -0.05) is 35.9 Å². The minimum absolute atomic E-state index is 0.146. The summed E-state index contributed by atoms with van der Waals surface area (Å²) in [5.74, 6) is -1.21. The molecule has 3 N–H and O–H groups in total.